The van der Waals surface area contributed by atoms with E-state index in [1.54, 1.807) is 17.6 Å². The highest BCUT2D eigenvalue weighted by Gasteiger charge is 2.12. The van der Waals surface area contributed by atoms with Crippen LogP contribution >= 0.6 is 23.1 Å². The van der Waals surface area contributed by atoms with Gasteiger partial charge in [0.15, 0.2) is 4.34 Å². The minimum atomic E-state index is -0.219. The van der Waals surface area contributed by atoms with Crippen LogP contribution in [0.3, 0.4) is 0 Å². The lowest BCUT2D eigenvalue weighted by Gasteiger charge is -2.14. The Morgan fingerprint density at radius 3 is 2.94 bits per heavy atom. The van der Waals surface area contributed by atoms with Gasteiger partial charge in [-0.2, -0.15) is 0 Å². The van der Waals surface area contributed by atoms with Gasteiger partial charge in [-0.05, 0) is 37.7 Å². The first-order chi connectivity index (χ1) is 8.20. The molecule has 0 aliphatic carbocycles. The number of nitrogens with zero attached hydrogens (tertiary/aromatic N) is 2. The normalized spacial score (nSPS) is 12.6. The van der Waals surface area contributed by atoms with Crippen molar-refractivity contribution in [2.24, 2.45) is 0 Å². The Kier molecular flexibility index (Phi) is 4.09. The molecule has 1 heterocycles. The van der Waals surface area contributed by atoms with Crippen molar-refractivity contribution >= 4 is 23.1 Å². The molecule has 0 saturated heterocycles. The Bertz CT molecular complexity index is 487. The summed E-state index contributed by atoms with van der Waals surface area (Å²) in [5, 5.41) is 10.9. The minimum absolute atomic E-state index is 0.0983. The van der Waals surface area contributed by atoms with Crippen molar-refractivity contribution in [1.29, 1.82) is 0 Å². The molecule has 0 aliphatic rings. The van der Waals surface area contributed by atoms with E-state index >= 15 is 0 Å². The Balaban J connectivity index is 2.32. The molecule has 1 N–H and O–H groups in total. The van der Waals surface area contributed by atoms with Gasteiger partial charge in [0.25, 0.3) is 0 Å². The summed E-state index contributed by atoms with van der Waals surface area (Å²) in [6.45, 7) is 2.00. The second kappa shape index (κ2) is 5.57. The van der Waals surface area contributed by atoms with Gasteiger partial charge in [0, 0.05) is 10.9 Å². The van der Waals surface area contributed by atoms with E-state index in [1.807, 2.05) is 14.0 Å². The summed E-state index contributed by atoms with van der Waals surface area (Å²) in [6.07, 6.45) is 0. The first-order valence-corrected chi connectivity index (χ1v) is 6.81. The van der Waals surface area contributed by atoms with Crippen LogP contribution in [-0.4, -0.2) is 17.2 Å². The lowest BCUT2D eigenvalue weighted by Crippen LogP contribution is -2.13. The summed E-state index contributed by atoms with van der Waals surface area (Å²) in [4.78, 5) is 1.00. The van der Waals surface area contributed by atoms with Crippen LogP contribution in [0.4, 0.5) is 4.39 Å². The van der Waals surface area contributed by atoms with Crippen LogP contribution < -0.4 is 5.32 Å². The number of nitrogens with one attached hydrogen (secondary N) is 1. The Morgan fingerprint density at radius 1 is 1.47 bits per heavy atom. The predicted octanol–water partition coefficient (Wildman–Crippen LogP) is 3.11. The molecule has 0 fully saturated rings. The van der Waals surface area contributed by atoms with Crippen molar-refractivity contribution < 1.29 is 4.39 Å². The number of halogens is 1. The van der Waals surface area contributed by atoms with Gasteiger partial charge in [-0.3, -0.25) is 0 Å². The maximum atomic E-state index is 13.3. The van der Waals surface area contributed by atoms with Gasteiger partial charge in [-0.15, -0.1) is 10.2 Å². The predicted molar refractivity (Wildman–Crippen MR) is 67.9 cm³/mol. The Labute approximate surface area is 107 Å². The van der Waals surface area contributed by atoms with Crippen LogP contribution in [0.2, 0.25) is 0 Å². The van der Waals surface area contributed by atoms with E-state index in [1.165, 1.54) is 29.2 Å². The van der Waals surface area contributed by atoms with E-state index in [-0.39, 0.29) is 11.9 Å². The molecule has 6 heteroatoms. The maximum absolute atomic E-state index is 13.3. The highest BCUT2D eigenvalue weighted by atomic mass is 32.2. The van der Waals surface area contributed by atoms with E-state index in [4.69, 9.17) is 0 Å². The molecule has 3 nitrogen and oxygen atoms in total. The summed E-state index contributed by atoms with van der Waals surface area (Å²) in [5.74, 6) is -0.219. The van der Waals surface area contributed by atoms with Crippen molar-refractivity contribution in [2.75, 3.05) is 7.05 Å². The second-order valence-corrected chi connectivity index (χ2v) is 5.62. The zero-order valence-corrected chi connectivity index (χ0v) is 11.1. The monoisotopic (exact) mass is 269 g/mol. The second-order valence-electron chi connectivity index (χ2n) is 3.50. The number of hydrogen-bond donors (Lipinski definition) is 1. The van der Waals surface area contributed by atoms with Gasteiger partial charge < -0.3 is 5.32 Å². The van der Waals surface area contributed by atoms with E-state index < -0.39 is 0 Å². The molecule has 0 bridgehead atoms. The number of benzene rings is 1. The first-order valence-electron chi connectivity index (χ1n) is 5.11. The third-order valence-corrected chi connectivity index (χ3v) is 4.28. The van der Waals surface area contributed by atoms with E-state index in [2.05, 4.69) is 15.5 Å². The highest BCUT2D eigenvalue weighted by Crippen LogP contribution is 2.34. The molecule has 2 rings (SSSR count). The van der Waals surface area contributed by atoms with Gasteiger partial charge >= 0.3 is 0 Å². The smallest absolute Gasteiger partial charge is 0.178 e. The highest BCUT2D eigenvalue weighted by molar-refractivity contribution is 8.01. The van der Waals surface area contributed by atoms with E-state index in [9.17, 15) is 4.39 Å². The topological polar surface area (TPSA) is 37.8 Å². The molecule has 90 valence electrons. The molecule has 0 amide bonds. The fraction of sp³-hybridized carbons (Fsp3) is 0.273. The van der Waals surface area contributed by atoms with Crippen molar-refractivity contribution in [3.63, 3.8) is 0 Å². The molecule has 17 heavy (non-hydrogen) atoms. The molecule has 1 aromatic heterocycles. The largest absolute Gasteiger partial charge is 0.313 e. The van der Waals surface area contributed by atoms with Crippen molar-refractivity contribution in [1.82, 2.24) is 15.5 Å². The van der Waals surface area contributed by atoms with Crippen LogP contribution in [-0.2, 0) is 0 Å². The first kappa shape index (κ1) is 12.5. The summed E-state index contributed by atoms with van der Waals surface area (Å²) in [6, 6.07) is 4.91. The summed E-state index contributed by atoms with van der Waals surface area (Å²) in [7, 11) is 1.86. The van der Waals surface area contributed by atoms with Crippen LogP contribution in [0.1, 0.15) is 18.5 Å². The number of aromatic nitrogens is 2. The summed E-state index contributed by atoms with van der Waals surface area (Å²) < 4.78 is 14.1. The molecule has 0 aliphatic heterocycles. The molecule has 1 atom stereocenters. The third-order valence-electron chi connectivity index (χ3n) is 2.41. The Morgan fingerprint density at radius 2 is 2.29 bits per heavy atom. The van der Waals surface area contributed by atoms with Crippen LogP contribution in [0.25, 0.3) is 0 Å². The lowest BCUT2D eigenvalue weighted by molar-refractivity contribution is 0.601. The summed E-state index contributed by atoms with van der Waals surface area (Å²) >= 11 is 2.99. The molecular formula is C11H12FN3S2. The van der Waals surface area contributed by atoms with Crippen molar-refractivity contribution in [2.45, 2.75) is 22.2 Å². The molecule has 1 aromatic carbocycles. The average Bonchev–Trinajstić information content (AvgIpc) is 2.83. The van der Waals surface area contributed by atoms with Gasteiger partial charge in [-0.1, -0.05) is 23.1 Å². The van der Waals surface area contributed by atoms with Gasteiger partial charge in [0.2, 0.25) is 0 Å². The van der Waals surface area contributed by atoms with Gasteiger partial charge in [0.05, 0.1) is 0 Å². The average molecular weight is 269 g/mol. The molecule has 1 unspecified atom stereocenters. The minimum Gasteiger partial charge on any atom is -0.313 e. The quantitative estimate of drug-likeness (QED) is 0.925. The van der Waals surface area contributed by atoms with Crippen molar-refractivity contribution in [3.05, 3.63) is 35.1 Å². The molecule has 0 radical (unpaired) electrons. The Hall–Kier alpha value is -0.980. The van der Waals surface area contributed by atoms with Crippen LogP contribution in [0.15, 0.2) is 32.9 Å². The molecule has 0 spiro atoms. The molecule has 2 aromatic rings. The molecule has 0 saturated carbocycles. The van der Waals surface area contributed by atoms with E-state index in [0.29, 0.717) is 0 Å². The standard InChI is InChI=1S/C11H12FN3S2/c1-7(13-2)9-5-8(12)3-4-10(9)17-11-15-14-6-16-11/h3-7,13H,1-2H3. The van der Waals surface area contributed by atoms with Crippen molar-refractivity contribution in [3.8, 4) is 0 Å². The van der Waals surface area contributed by atoms with E-state index in [0.717, 1.165) is 14.8 Å². The third kappa shape index (κ3) is 3.02. The lowest BCUT2D eigenvalue weighted by atomic mass is 10.1. The van der Waals surface area contributed by atoms with Crippen LogP contribution in [0.5, 0.6) is 0 Å². The maximum Gasteiger partial charge on any atom is 0.178 e. The molecular weight excluding hydrogens is 257 g/mol. The number of rotatable bonds is 4. The summed E-state index contributed by atoms with van der Waals surface area (Å²) in [5.41, 5.74) is 2.63. The fourth-order valence-corrected chi connectivity index (χ4v) is 3.04. The van der Waals surface area contributed by atoms with Gasteiger partial charge in [0.1, 0.15) is 11.3 Å². The zero-order valence-electron chi connectivity index (χ0n) is 9.48. The van der Waals surface area contributed by atoms with Crippen LogP contribution in [0, 0.1) is 5.82 Å². The zero-order chi connectivity index (χ0) is 12.3. The SMILES string of the molecule is CNC(C)c1cc(F)ccc1Sc1nncs1. The fourth-order valence-electron chi connectivity index (χ4n) is 1.41. The number of hydrogen-bond acceptors (Lipinski definition) is 5. The van der Waals surface area contributed by atoms with Gasteiger partial charge in [-0.25, -0.2) is 4.39 Å².